The zero-order valence-electron chi connectivity index (χ0n) is 12.6. The molecule has 0 saturated carbocycles. The van der Waals surface area contributed by atoms with Crippen LogP contribution in [0.4, 0.5) is 0 Å². The molecule has 123 valence electrons. The van der Waals surface area contributed by atoms with Gasteiger partial charge in [0.2, 0.25) is 0 Å². The normalized spacial score (nSPS) is 13.6. The van der Waals surface area contributed by atoms with E-state index in [2.05, 4.69) is 31.0 Å². The fourth-order valence-electron chi connectivity index (χ4n) is 1.42. The fourth-order valence-corrected chi connectivity index (χ4v) is 1.51. The molecule has 0 aliphatic rings. The molecular weight excluding hydrogens is 370 g/mol. The molecule has 0 bridgehead atoms. The second-order valence-electron chi connectivity index (χ2n) is 3.94. The third kappa shape index (κ3) is 6.10. The molecule has 7 nitrogen and oxygen atoms in total. The van der Waals surface area contributed by atoms with Crippen molar-refractivity contribution < 1.29 is 17.1 Å². The summed E-state index contributed by atoms with van der Waals surface area (Å²) in [6, 6.07) is 3.84. The third-order valence-corrected chi connectivity index (χ3v) is 3.07. The summed E-state index contributed by atoms with van der Waals surface area (Å²) in [5.74, 6) is 0. The van der Waals surface area contributed by atoms with Crippen LogP contribution in [0.15, 0.2) is 38.5 Å². The Kier molecular flexibility index (Phi) is 9.59. The SMILES string of the molecule is CN=C([S-])N/N=C(C)/C(=N/NC([S-])=NC)c1cccn1C.[Cu+2]. The number of aryl methyl sites for hydroxylation is 1. The summed E-state index contributed by atoms with van der Waals surface area (Å²) < 4.78 is 1.92. The number of hydrazone groups is 2. The minimum atomic E-state index is 0. The first kappa shape index (κ1) is 20.5. The van der Waals surface area contributed by atoms with Crippen LogP contribution in [0.2, 0.25) is 0 Å². The van der Waals surface area contributed by atoms with Gasteiger partial charge in [-0.3, -0.25) is 20.8 Å². The Balaban J connectivity index is 0.00000441. The van der Waals surface area contributed by atoms with E-state index in [0.717, 1.165) is 5.69 Å². The molecule has 0 unspecified atom stereocenters. The Hall–Kier alpha value is -1.48. The summed E-state index contributed by atoms with van der Waals surface area (Å²) in [5, 5.41) is 9.03. The van der Waals surface area contributed by atoms with Crippen molar-refractivity contribution in [3.63, 3.8) is 0 Å². The van der Waals surface area contributed by atoms with Gasteiger partial charge < -0.3 is 29.8 Å². The molecule has 1 rings (SSSR count). The van der Waals surface area contributed by atoms with Crippen LogP contribution in [-0.2, 0) is 49.4 Å². The van der Waals surface area contributed by atoms with Crippen LogP contribution in [-0.4, -0.2) is 40.4 Å². The first-order valence-corrected chi connectivity index (χ1v) is 6.85. The van der Waals surface area contributed by atoms with Crippen molar-refractivity contribution in [3.8, 4) is 0 Å². The summed E-state index contributed by atoms with van der Waals surface area (Å²) in [7, 11) is 5.10. The van der Waals surface area contributed by atoms with E-state index in [1.807, 2.05) is 36.9 Å². The topological polar surface area (TPSA) is 78.4 Å². The molecule has 10 heteroatoms. The molecule has 0 amide bonds. The molecular formula is C12H17CuN7S2. The quantitative estimate of drug-likeness (QED) is 0.257. The van der Waals surface area contributed by atoms with Gasteiger partial charge in [0.1, 0.15) is 5.71 Å². The van der Waals surface area contributed by atoms with Gasteiger partial charge in [-0.25, -0.2) is 0 Å². The van der Waals surface area contributed by atoms with Crippen LogP contribution < -0.4 is 10.9 Å². The zero-order valence-corrected chi connectivity index (χ0v) is 15.2. The monoisotopic (exact) mass is 386 g/mol. The van der Waals surface area contributed by atoms with Crippen molar-refractivity contribution in [3.05, 3.63) is 24.0 Å². The standard InChI is InChI=1S/C12H19N7S2.Cu/c1-8(15-17-11(20)13-2)10(16-18-12(21)14-3)9-6-5-7-19(9)4;/h5-7H,1-4H3,(H2,13,17,20)(H2,14,18,21);/q;+2/p-2/b15-8+,16-10-;. The summed E-state index contributed by atoms with van der Waals surface area (Å²) in [6.45, 7) is 1.81. The van der Waals surface area contributed by atoms with Gasteiger partial charge in [-0.15, -0.1) is 0 Å². The van der Waals surface area contributed by atoms with E-state index in [9.17, 15) is 0 Å². The minimum Gasteiger partial charge on any atom is -0.741 e. The second kappa shape index (κ2) is 10.3. The van der Waals surface area contributed by atoms with Crippen molar-refractivity contribution in [1.82, 2.24) is 15.4 Å². The Morgan fingerprint density at radius 1 is 1.09 bits per heavy atom. The number of aromatic nitrogens is 1. The van der Waals surface area contributed by atoms with E-state index in [1.165, 1.54) is 0 Å². The van der Waals surface area contributed by atoms with Crippen LogP contribution in [0.5, 0.6) is 0 Å². The van der Waals surface area contributed by atoms with Crippen LogP contribution in [0.25, 0.3) is 0 Å². The van der Waals surface area contributed by atoms with E-state index < -0.39 is 0 Å². The predicted octanol–water partition coefficient (Wildman–Crippen LogP) is 0.347. The molecule has 2 N–H and O–H groups in total. The zero-order chi connectivity index (χ0) is 15.8. The summed E-state index contributed by atoms with van der Waals surface area (Å²) >= 11 is 9.89. The number of aliphatic imine (C=N–C) groups is 2. The average molecular weight is 387 g/mol. The second-order valence-corrected chi connectivity index (χ2v) is 4.72. The number of nitrogens with zero attached hydrogens (tertiary/aromatic N) is 5. The molecule has 0 aliphatic carbocycles. The number of hydrogen-bond donors (Lipinski definition) is 2. The predicted molar refractivity (Wildman–Crippen MR) is 92.8 cm³/mol. The van der Waals surface area contributed by atoms with Gasteiger partial charge in [0, 0.05) is 27.3 Å². The number of hydrogen-bond acceptors (Lipinski definition) is 6. The first-order chi connectivity index (χ1) is 9.99. The largest absolute Gasteiger partial charge is 2.00 e. The molecule has 0 aromatic carbocycles. The van der Waals surface area contributed by atoms with Crippen LogP contribution in [0, 0.1) is 0 Å². The molecule has 0 spiro atoms. The molecule has 22 heavy (non-hydrogen) atoms. The Labute approximate surface area is 151 Å². The van der Waals surface area contributed by atoms with Crippen molar-refractivity contribution in [2.24, 2.45) is 27.2 Å². The van der Waals surface area contributed by atoms with Gasteiger partial charge in [-0.05, 0) is 29.4 Å². The van der Waals surface area contributed by atoms with Gasteiger partial charge in [-0.1, -0.05) is 0 Å². The average Bonchev–Trinajstić information content (AvgIpc) is 2.90. The number of amidine groups is 2. The molecule has 0 aliphatic heterocycles. The maximum atomic E-state index is 4.96. The van der Waals surface area contributed by atoms with Gasteiger partial charge in [0.05, 0.1) is 11.4 Å². The van der Waals surface area contributed by atoms with Crippen molar-refractivity contribution >= 4 is 47.0 Å². The molecule has 0 fully saturated rings. The maximum absolute atomic E-state index is 4.96. The molecule has 0 saturated heterocycles. The molecule has 1 aromatic heterocycles. The Morgan fingerprint density at radius 3 is 2.09 bits per heavy atom. The maximum Gasteiger partial charge on any atom is 2.00 e. The first-order valence-electron chi connectivity index (χ1n) is 6.03. The number of nitrogens with one attached hydrogen (secondary N) is 2. The van der Waals surface area contributed by atoms with E-state index in [-0.39, 0.29) is 17.1 Å². The van der Waals surface area contributed by atoms with Crippen LogP contribution in [0.3, 0.4) is 0 Å². The van der Waals surface area contributed by atoms with E-state index in [4.69, 9.17) is 25.3 Å². The molecule has 1 aromatic rings. The van der Waals surface area contributed by atoms with Gasteiger partial charge >= 0.3 is 17.1 Å². The van der Waals surface area contributed by atoms with Crippen molar-refractivity contribution in [1.29, 1.82) is 0 Å². The fraction of sp³-hybridized carbons (Fsp3) is 0.333. The van der Waals surface area contributed by atoms with Gasteiger partial charge in [-0.2, -0.15) is 10.2 Å². The van der Waals surface area contributed by atoms with Gasteiger partial charge in [0.15, 0.2) is 0 Å². The van der Waals surface area contributed by atoms with E-state index in [1.54, 1.807) is 14.1 Å². The summed E-state index contributed by atoms with van der Waals surface area (Å²) in [5.41, 5.74) is 7.52. The van der Waals surface area contributed by atoms with Crippen molar-refractivity contribution in [2.75, 3.05) is 14.1 Å². The van der Waals surface area contributed by atoms with E-state index >= 15 is 0 Å². The minimum absolute atomic E-state index is 0. The van der Waals surface area contributed by atoms with Crippen LogP contribution >= 0.6 is 0 Å². The number of rotatable bonds is 4. The summed E-state index contributed by atoms with van der Waals surface area (Å²) in [4.78, 5) is 7.63. The smallest absolute Gasteiger partial charge is 0.741 e. The van der Waals surface area contributed by atoms with Crippen molar-refractivity contribution in [2.45, 2.75) is 6.92 Å². The molecule has 0 atom stereocenters. The van der Waals surface area contributed by atoms with Crippen LogP contribution in [0.1, 0.15) is 12.6 Å². The van der Waals surface area contributed by atoms with Gasteiger partial charge in [0.25, 0.3) is 0 Å². The third-order valence-electron chi connectivity index (χ3n) is 2.52. The summed E-state index contributed by atoms with van der Waals surface area (Å²) in [6.07, 6.45) is 1.92. The molecule has 1 heterocycles. The Bertz CT molecular complexity index is 604. The molecule has 1 radical (unpaired) electrons. The Morgan fingerprint density at radius 2 is 1.64 bits per heavy atom. The van der Waals surface area contributed by atoms with E-state index in [0.29, 0.717) is 21.8 Å².